The van der Waals surface area contributed by atoms with E-state index in [9.17, 15) is 14.7 Å². The van der Waals surface area contributed by atoms with Gasteiger partial charge in [-0.25, -0.2) is 0 Å². The number of amides is 2. The number of aromatic nitrogens is 1. The number of hydrogen-bond acceptors (Lipinski definition) is 5. The molecule has 1 atom stereocenters. The topological polar surface area (TPSA) is 73.7 Å². The Morgan fingerprint density at radius 2 is 2.13 bits per heavy atom. The minimum atomic E-state index is -0.486. The predicted molar refractivity (Wildman–Crippen MR) is 123 cm³/mol. The monoisotopic (exact) mass is 455 g/mol. The van der Waals surface area contributed by atoms with Crippen molar-refractivity contribution in [3.8, 4) is 5.75 Å². The summed E-state index contributed by atoms with van der Waals surface area (Å²) in [6.45, 7) is 3.29. The summed E-state index contributed by atoms with van der Waals surface area (Å²) in [6.07, 6.45) is 5.35. The third-order valence-electron chi connectivity index (χ3n) is 5.40. The fraction of sp³-hybridized carbons (Fsp3) is 0.261. The van der Waals surface area contributed by atoms with Crippen molar-refractivity contribution in [1.29, 1.82) is 0 Å². The molecule has 4 rings (SSSR count). The van der Waals surface area contributed by atoms with Crippen LogP contribution in [0.2, 0.25) is 4.34 Å². The van der Waals surface area contributed by atoms with Crippen molar-refractivity contribution < 1.29 is 14.7 Å². The lowest BCUT2D eigenvalue weighted by Gasteiger charge is -2.40. The maximum atomic E-state index is 13.1. The summed E-state index contributed by atoms with van der Waals surface area (Å²) in [4.78, 5) is 34.5. The number of aromatic hydroxyl groups is 1. The number of nitrogens with zero attached hydrogens (tertiary/aromatic N) is 3. The molecule has 31 heavy (non-hydrogen) atoms. The predicted octanol–water partition coefficient (Wildman–Crippen LogP) is 4.32. The standard InChI is InChI=1S/C23H22ClN3O3S/c1-2-19-23(30)26(14-15-3-6-17-18(13-15)25-10-9-20(17)28)11-12-27(19)22(29)8-5-16-4-7-21(24)31-16/h3-10,13,19H,2,11-12,14H2,1H3,(H,25,28)/b8-5+/t19-/m0/s1. The van der Waals surface area contributed by atoms with Crippen molar-refractivity contribution in [2.75, 3.05) is 13.1 Å². The van der Waals surface area contributed by atoms with Crippen LogP contribution in [-0.4, -0.2) is 50.8 Å². The molecule has 0 bridgehead atoms. The van der Waals surface area contributed by atoms with Crippen molar-refractivity contribution in [2.45, 2.75) is 25.9 Å². The van der Waals surface area contributed by atoms with Crippen LogP contribution in [0.4, 0.5) is 0 Å². The Bertz CT molecular complexity index is 1160. The van der Waals surface area contributed by atoms with E-state index >= 15 is 0 Å². The minimum absolute atomic E-state index is 0.0568. The summed E-state index contributed by atoms with van der Waals surface area (Å²) in [5, 5.41) is 10.6. The zero-order valence-corrected chi connectivity index (χ0v) is 18.6. The van der Waals surface area contributed by atoms with Crippen LogP contribution in [0.5, 0.6) is 5.75 Å². The van der Waals surface area contributed by atoms with E-state index in [2.05, 4.69) is 4.98 Å². The van der Waals surface area contributed by atoms with Gasteiger partial charge < -0.3 is 14.9 Å². The van der Waals surface area contributed by atoms with Gasteiger partial charge in [0.05, 0.1) is 9.85 Å². The smallest absolute Gasteiger partial charge is 0.247 e. The summed E-state index contributed by atoms with van der Waals surface area (Å²) < 4.78 is 0.668. The van der Waals surface area contributed by atoms with Crippen LogP contribution in [0.1, 0.15) is 23.8 Å². The molecule has 1 N–H and O–H groups in total. The van der Waals surface area contributed by atoms with Crippen LogP contribution in [0.3, 0.4) is 0 Å². The first-order valence-corrected chi connectivity index (χ1v) is 11.2. The highest BCUT2D eigenvalue weighted by Crippen LogP contribution is 2.25. The van der Waals surface area contributed by atoms with E-state index < -0.39 is 6.04 Å². The lowest BCUT2D eigenvalue weighted by molar-refractivity contribution is -0.149. The molecule has 2 amide bonds. The van der Waals surface area contributed by atoms with Gasteiger partial charge in [-0.15, -0.1) is 11.3 Å². The maximum Gasteiger partial charge on any atom is 0.247 e. The fourth-order valence-electron chi connectivity index (χ4n) is 3.82. The van der Waals surface area contributed by atoms with Gasteiger partial charge in [0, 0.05) is 42.2 Å². The van der Waals surface area contributed by atoms with Gasteiger partial charge in [0.25, 0.3) is 0 Å². The average molecular weight is 456 g/mol. The van der Waals surface area contributed by atoms with E-state index in [0.29, 0.717) is 41.3 Å². The molecule has 1 saturated heterocycles. The molecule has 0 unspecified atom stereocenters. The summed E-state index contributed by atoms with van der Waals surface area (Å²) in [6, 6.07) is 10.3. The Kier molecular flexibility index (Phi) is 6.25. The molecule has 160 valence electrons. The molecule has 6 nitrogen and oxygen atoms in total. The van der Waals surface area contributed by atoms with Gasteiger partial charge >= 0.3 is 0 Å². The van der Waals surface area contributed by atoms with Crippen LogP contribution in [0, 0.1) is 0 Å². The molecule has 3 heterocycles. The van der Waals surface area contributed by atoms with Gasteiger partial charge in [0.15, 0.2) is 0 Å². The maximum absolute atomic E-state index is 13.1. The molecule has 0 radical (unpaired) electrons. The average Bonchev–Trinajstić information content (AvgIpc) is 3.18. The fourth-order valence-corrected chi connectivity index (χ4v) is 4.78. The third-order valence-corrected chi connectivity index (χ3v) is 6.59. The van der Waals surface area contributed by atoms with Gasteiger partial charge in [0.2, 0.25) is 11.8 Å². The lowest BCUT2D eigenvalue weighted by atomic mass is 10.1. The van der Waals surface area contributed by atoms with Crippen LogP contribution in [-0.2, 0) is 16.1 Å². The van der Waals surface area contributed by atoms with Gasteiger partial charge in [-0.2, -0.15) is 0 Å². The van der Waals surface area contributed by atoms with Crippen molar-refractivity contribution in [3.05, 3.63) is 63.4 Å². The van der Waals surface area contributed by atoms with Crippen LogP contribution < -0.4 is 0 Å². The number of piperazine rings is 1. The zero-order chi connectivity index (χ0) is 22.0. The third kappa shape index (κ3) is 4.57. The van der Waals surface area contributed by atoms with Gasteiger partial charge in [-0.1, -0.05) is 24.6 Å². The molecule has 1 aromatic carbocycles. The number of carbonyl (C=O) groups excluding carboxylic acids is 2. The summed E-state index contributed by atoms with van der Waals surface area (Å²) in [7, 11) is 0. The van der Waals surface area contributed by atoms with Crippen molar-refractivity contribution >= 4 is 51.7 Å². The first kappa shape index (κ1) is 21.3. The lowest BCUT2D eigenvalue weighted by Crippen LogP contribution is -2.57. The zero-order valence-electron chi connectivity index (χ0n) is 17.0. The Balaban J connectivity index is 1.46. The molecule has 1 fully saturated rings. The van der Waals surface area contributed by atoms with E-state index in [1.165, 1.54) is 17.4 Å². The molecule has 1 aliphatic rings. The first-order valence-electron chi connectivity index (χ1n) is 10.1. The quantitative estimate of drug-likeness (QED) is 0.581. The summed E-state index contributed by atoms with van der Waals surface area (Å²) in [5.41, 5.74) is 1.62. The number of fused-ring (bicyclic) bond motifs is 1. The number of pyridine rings is 1. The highest BCUT2D eigenvalue weighted by Gasteiger charge is 2.35. The molecule has 0 aliphatic carbocycles. The second-order valence-corrected chi connectivity index (χ2v) is 9.12. The highest BCUT2D eigenvalue weighted by molar-refractivity contribution is 7.17. The number of benzene rings is 1. The second-order valence-electron chi connectivity index (χ2n) is 7.37. The van der Waals surface area contributed by atoms with Gasteiger partial charge in [-0.3, -0.25) is 14.6 Å². The van der Waals surface area contributed by atoms with E-state index in [4.69, 9.17) is 11.6 Å². The Hall–Kier alpha value is -2.90. The molecular weight excluding hydrogens is 434 g/mol. The largest absolute Gasteiger partial charge is 0.507 e. The van der Waals surface area contributed by atoms with Crippen molar-refractivity contribution in [1.82, 2.24) is 14.8 Å². The van der Waals surface area contributed by atoms with Crippen molar-refractivity contribution in [3.63, 3.8) is 0 Å². The Morgan fingerprint density at radius 3 is 2.87 bits per heavy atom. The van der Waals surface area contributed by atoms with Crippen LogP contribution in [0.15, 0.2) is 48.7 Å². The van der Waals surface area contributed by atoms with E-state index in [1.807, 2.05) is 31.2 Å². The van der Waals surface area contributed by atoms with Crippen molar-refractivity contribution in [2.24, 2.45) is 0 Å². The molecule has 0 saturated carbocycles. The molecule has 1 aliphatic heterocycles. The Labute approximate surface area is 189 Å². The van der Waals surface area contributed by atoms with Gasteiger partial charge in [0.1, 0.15) is 11.8 Å². The normalized spacial score (nSPS) is 17.1. The number of carbonyl (C=O) groups is 2. The molecule has 8 heteroatoms. The number of thiophene rings is 1. The van der Waals surface area contributed by atoms with Crippen LogP contribution >= 0.6 is 22.9 Å². The Morgan fingerprint density at radius 1 is 1.29 bits per heavy atom. The summed E-state index contributed by atoms with van der Waals surface area (Å²) in [5.74, 6) is -0.0444. The minimum Gasteiger partial charge on any atom is -0.507 e. The second kappa shape index (κ2) is 9.08. The van der Waals surface area contributed by atoms with E-state index in [-0.39, 0.29) is 17.6 Å². The SMILES string of the molecule is CC[C@H]1C(=O)N(Cc2ccc3c(O)ccnc3c2)CCN1C(=O)/C=C/c1ccc(Cl)s1. The summed E-state index contributed by atoms with van der Waals surface area (Å²) >= 11 is 7.33. The molecule has 2 aromatic heterocycles. The van der Waals surface area contributed by atoms with Gasteiger partial charge in [-0.05, 0) is 48.4 Å². The highest BCUT2D eigenvalue weighted by atomic mass is 35.5. The molecule has 0 spiro atoms. The van der Waals surface area contributed by atoms with E-state index in [1.54, 1.807) is 34.2 Å². The number of hydrogen-bond donors (Lipinski definition) is 1. The first-order chi connectivity index (χ1) is 15.0. The molecular formula is C23H22ClN3O3S. The van der Waals surface area contributed by atoms with E-state index in [0.717, 1.165) is 10.4 Å². The number of halogens is 1. The molecule has 3 aromatic rings. The van der Waals surface area contributed by atoms with Crippen LogP contribution in [0.25, 0.3) is 17.0 Å². The number of rotatable bonds is 5.